The van der Waals surface area contributed by atoms with Gasteiger partial charge in [-0.25, -0.2) is 9.59 Å². The van der Waals surface area contributed by atoms with Gasteiger partial charge in [0, 0.05) is 34.4 Å². The molecule has 9 nitrogen and oxygen atoms in total. The van der Waals surface area contributed by atoms with Gasteiger partial charge in [0.1, 0.15) is 0 Å². The van der Waals surface area contributed by atoms with Crippen LogP contribution in [-0.2, 0) is 20.3 Å². The number of nitro groups is 1. The third-order valence-electron chi connectivity index (χ3n) is 4.09. The van der Waals surface area contributed by atoms with Gasteiger partial charge in [0.15, 0.2) is 0 Å². The molecule has 0 aliphatic carbocycles. The van der Waals surface area contributed by atoms with Gasteiger partial charge in [0.2, 0.25) is 0 Å². The highest BCUT2D eigenvalue weighted by atomic mass is 32.2. The third-order valence-corrected chi connectivity index (χ3v) is 5.07. The first-order chi connectivity index (χ1) is 13.1. The van der Waals surface area contributed by atoms with Crippen molar-refractivity contribution < 1.29 is 28.2 Å². The summed E-state index contributed by atoms with van der Waals surface area (Å²) in [7, 11) is 0.755. The van der Waals surface area contributed by atoms with Gasteiger partial charge in [-0.3, -0.25) is 19.3 Å². The summed E-state index contributed by atoms with van der Waals surface area (Å²) < 4.78 is 21.9. The van der Waals surface area contributed by atoms with Crippen LogP contribution in [0.3, 0.4) is 0 Å². The van der Waals surface area contributed by atoms with Crippen LogP contribution >= 0.6 is 0 Å². The Kier molecular flexibility index (Phi) is 6.24. The van der Waals surface area contributed by atoms with Gasteiger partial charge in [0.25, 0.3) is 5.69 Å². The molecule has 1 aromatic heterocycles. The minimum atomic E-state index is -1.57. The van der Waals surface area contributed by atoms with E-state index in [1.807, 2.05) is 0 Å². The Hall–Kier alpha value is -3.14. The molecule has 0 aliphatic rings. The molecule has 0 amide bonds. The SMILES string of the molecule is COC(=O)c1c(C)nc(C)c(C(=O)OC)c1-c1cc([N+](=O)[O-])ccc1S(C)=O. The number of ether oxygens (including phenoxy) is 2. The van der Waals surface area contributed by atoms with Crippen molar-refractivity contribution in [3.05, 3.63) is 50.8 Å². The topological polar surface area (TPSA) is 126 Å². The molecular formula is C18H18N2O7S. The molecule has 1 atom stereocenters. The number of hydrogen-bond acceptors (Lipinski definition) is 8. The summed E-state index contributed by atoms with van der Waals surface area (Å²) in [6, 6.07) is 3.71. The summed E-state index contributed by atoms with van der Waals surface area (Å²) in [5.41, 5.74) is 0.254. The van der Waals surface area contributed by atoms with Gasteiger partial charge >= 0.3 is 11.9 Å². The highest BCUT2D eigenvalue weighted by Crippen LogP contribution is 2.37. The normalized spacial score (nSPS) is 11.6. The van der Waals surface area contributed by atoms with Crippen molar-refractivity contribution in [2.75, 3.05) is 20.5 Å². The van der Waals surface area contributed by atoms with E-state index in [2.05, 4.69) is 4.98 Å². The quantitative estimate of drug-likeness (QED) is 0.421. The van der Waals surface area contributed by atoms with Gasteiger partial charge in [-0.15, -0.1) is 0 Å². The summed E-state index contributed by atoms with van der Waals surface area (Å²) in [5, 5.41) is 11.3. The zero-order valence-electron chi connectivity index (χ0n) is 15.9. The average molecular weight is 406 g/mol. The van der Waals surface area contributed by atoms with Crippen LogP contribution in [0.1, 0.15) is 32.1 Å². The second-order valence-corrected chi connectivity index (χ2v) is 7.13. The maximum atomic E-state index is 12.5. The predicted molar refractivity (Wildman–Crippen MR) is 101 cm³/mol. The fourth-order valence-corrected chi connectivity index (χ4v) is 3.63. The lowest BCUT2D eigenvalue weighted by Crippen LogP contribution is -2.16. The lowest BCUT2D eigenvalue weighted by Gasteiger charge is -2.18. The standard InChI is InChI=1S/C18H18N2O7S/c1-9-14(17(21)26-3)16(15(10(2)19-9)18(22)27-4)12-8-11(20(23)24)6-7-13(12)28(5)25/h6-8H,1-5H3. The van der Waals surface area contributed by atoms with Crippen LogP contribution in [0, 0.1) is 24.0 Å². The number of aromatic nitrogens is 1. The van der Waals surface area contributed by atoms with E-state index in [1.54, 1.807) is 13.8 Å². The number of hydrogen-bond donors (Lipinski definition) is 0. The number of carbonyl (C=O) groups excluding carboxylic acids is 2. The van der Waals surface area contributed by atoms with Crippen LogP contribution in [-0.4, -0.2) is 46.5 Å². The number of carbonyl (C=O) groups is 2. The molecular weight excluding hydrogens is 388 g/mol. The molecule has 2 aromatic rings. The van der Waals surface area contributed by atoms with Crippen LogP contribution in [0.25, 0.3) is 11.1 Å². The number of methoxy groups -OCH3 is 2. The number of pyridine rings is 1. The van der Waals surface area contributed by atoms with Crippen LogP contribution in [0.2, 0.25) is 0 Å². The van der Waals surface area contributed by atoms with E-state index in [-0.39, 0.29) is 44.2 Å². The summed E-state index contributed by atoms with van der Waals surface area (Å²) in [4.78, 5) is 40.1. The van der Waals surface area contributed by atoms with Crippen LogP contribution < -0.4 is 0 Å². The van der Waals surface area contributed by atoms with E-state index in [9.17, 15) is 23.9 Å². The lowest BCUT2D eigenvalue weighted by atomic mass is 9.92. The predicted octanol–water partition coefficient (Wildman–Crippen LogP) is 2.58. The largest absolute Gasteiger partial charge is 0.465 e. The molecule has 10 heteroatoms. The van der Waals surface area contributed by atoms with E-state index in [0.29, 0.717) is 0 Å². The number of esters is 2. The molecule has 1 aromatic carbocycles. The van der Waals surface area contributed by atoms with Gasteiger partial charge in [-0.05, 0) is 19.9 Å². The Balaban J connectivity index is 3.11. The molecule has 0 bridgehead atoms. The van der Waals surface area contributed by atoms with Crippen LogP contribution in [0.4, 0.5) is 5.69 Å². The van der Waals surface area contributed by atoms with Crippen molar-refractivity contribution in [2.24, 2.45) is 0 Å². The molecule has 0 saturated carbocycles. The van der Waals surface area contributed by atoms with E-state index < -0.39 is 27.7 Å². The lowest BCUT2D eigenvalue weighted by molar-refractivity contribution is -0.384. The van der Waals surface area contributed by atoms with E-state index in [0.717, 1.165) is 14.2 Å². The Morgan fingerprint density at radius 1 is 1.07 bits per heavy atom. The van der Waals surface area contributed by atoms with Crippen molar-refractivity contribution in [1.29, 1.82) is 0 Å². The van der Waals surface area contributed by atoms with Crippen molar-refractivity contribution in [3.63, 3.8) is 0 Å². The van der Waals surface area contributed by atoms with Crippen LogP contribution in [0.5, 0.6) is 0 Å². The minimum absolute atomic E-state index is 0.0394. The fourth-order valence-electron chi connectivity index (χ4n) is 2.90. The molecule has 2 rings (SSSR count). The van der Waals surface area contributed by atoms with E-state index >= 15 is 0 Å². The molecule has 28 heavy (non-hydrogen) atoms. The maximum Gasteiger partial charge on any atom is 0.340 e. The Labute approximate surface area is 163 Å². The Morgan fingerprint density at radius 2 is 1.57 bits per heavy atom. The van der Waals surface area contributed by atoms with Gasteiger partial charge in [0.05, 0.1) is 52.5 Å². The molecule has 1 heterocycles. The van der Waals surface area contributed by atoms with Gasteiger partial charge in [-0.1, -0.05) is 0 Å². The van der Waals surface area contributed by atoms with Gasteiger partial charge < -0.3 is 9.47 Å². The van der Waals surface area contributed by atoms with Crippen molar-refractivity contribution in [1.82, 2.24) is 4.98 Å². The smallest absolute Gasteiger partial charge is 0.340 e. The average Bonchev–Trinajstić information content (AvgIpc) is 2.65. The molecule has 0 aliphatic heterocycles. The molecule has 0 N–H and O–H groups in total. The zero-order valence-corrected chi connectivity index (χ0v) is 16.7. The summed E-state index contributed by atoms with van der Waals surface area (Å²) in [6.07, 6.45) is 1.39. The van der Waals surface area contributed by atoms with Gasteiger partial charge in [-0.2, -0.15) is 0 Å². The number of non-ortho nitro benzene ring substituents is 1. The molecule has 148 valence electrons. The molecule has 0 saturated heterocycles. The van der Waals surface area contributed by atoms with Crippen LogP contribution in [0.15, 0.2) is 23.1 Å². The number of aryl methyl sites for hydroxylation is 2. The number of nitrogens with zero attached hydrogens (tertiary/aromatic N) is 2. The zero-order chi connectivity index (χ0) is 21.2. The molecule has 1 unspecified atom stereocenters. The third kappa shape index (κ3) is 3.77. The second kappa shape index (κ2) is 8.26. The maximum absolute atomic E-state index is 12.5. The highest BCUT2D eigenvalue weighted by Gasteiger charge is 2.30. The first-order valence-corrected chi connectivity index (χ1v) is 9.49. The first-order valence-electron chi connectivity index (χ1n) is 7.94. The van der Waals surface area contributed by atoms with E-state index in [1.165, 1.54) is 24.5 Å². The second-order valence-electron chi connectivity index (χ2n) is 5.78. The van der Waals surface area contributed by atoms with Crippen molar-refractivity contribution in [3.8, 4) is 11.1 Å². The molecule has 0 spiro atoms. The summed E-state index contributed by atoms with van der Waals surface area (Å²) >= 11 is 0. The number of benzene rings is 1. The van der Waals surface area contributed by atoms with Crippen molar-refractivity contribution >= 4 is 28.4 Å². The van der Waals surface area contributed by atoms with E-state index in [4.69, 9.17) is 9.47 Å². The number of nitro benzene ring substituents is 1. The summed E-state index contributed by atoms with van der Waals surface area (Å²) in [5.74, 6) is -1.58. The van der Waals surface area contributed by atoms with Crippen molar-refractivity contribution in [2.45, 2.75) is 18.7 Å². The monoisotopic (exact) mass is 406 g/mol. The molecule has 0 fully saturated rings. The minimum Gasteiger partial charge on any atom is -0.465 e. The summed E-state index contributed by atoms with van der Waals surface area (Å²) in [6.45, 7) is 3.09. The Morgan fingerprint density at radius 3 is 1.96 bits per heavy atom. The molecule has 0 radical (unpaired) electrons. The number of rotatable bonds is 5. The first kappa shape index (κ1) is 21.2. The Bertz CT molecular complexity index is 977. The highest BCUT2D eigenvalue weighted by molar-refractivity contribution is 7.84. The fraction of sp³-hybridized carbons (Fsp3) is 0.278.